The maximum absolute atomic E-state index is 12.6. The molecule has 0 radical (unpaired) electrons. The molecule has 1 aromatic heterocycles. The molecule has 2 aromatic carbocycles. The van der Waals surface area contributed by atoms with Crippen LogP contribution in [0.25, 0.3) is 10.9 Å². The van der Waals surface area contributed by atoms with Crippen LogP contribution in [0.5, 0.6) is 5.75 Å². The van der Waals surface area contributed by atoms with Gasteiger partial charge in [-0.05, 0) is 29.3 Å². The number of hydrogen-bond donors (Lipinski definition) is 3. The lowest BCUT2D eigenvalue weighted by molar-refractivity contribution is -0.856. The summed E-state index contributed by atoms with van der Waals surface area (Å²) in [4.78, 5) is 17.3. The summed E-state index contributed by atoms with van der Waals surface area (Å²) in [6.45, 7) is 1.59. The number of hydrogen-bond acceptors (Lipinski definition) is 2. The molecule has 0 saturated carbocycles. The van der Waals surface area contributed by atoms with E-state index in [4.69, 9.17) is 4.74 Å². The number of H-pyrrole nitrogens is 1. The number of methoxy groups -OCH3 is 1. The van der Waals surface area contributed by atoms with E-state index < -0.39 is 0 Å². The van der Waals surface area contributed by atoms with Crippen LogP contribution in [0.2, 0.25) is 0 Å². The van der Waals surface area contributed by atoms with E-state index in [1.165, 1.54) is 4.90 Å². The highest BCUT2D eigenvalue weighted by Gasteiger charge is 2.22. The molecule has 0 aliphatic carbocycles. The van der Waals surface area contributed by atoms with Crippen molar-refractivity contribution in [3.63, 3.8) is 0 Å². The van der Waals surface area contributed by atoms with Gasteiger partial charge in [-0.25, -0.2) is 0 Å². The molecule has 0 saturated heterocycles. The number of rotatable bonds is 8. The minimum absolute atomic E-state index is 0.0389. The van der Waals surface area contributed by atoms with Gasteiger partial charge in [0.05, 0.1) is 34.3 Å². The summed E-state index contributed by atoms with van der Waals surface area (Å²) < 4.78 is 5.39. The molecule has 0 spiro atoms. The molecule has 0 aliphatic heterocycles. The number of amides is 1. The Balaban J connectivity index is 1.90. The van der Waals surface area contributed by atoms with Gasteiger partial charge in [0.15, 0.2) is 0 Å². The molecule has 1 amide bonds. The van der Waals surface area contributed by atoms with Crippen molar-refractivity contribution >= 4 is 16.8 Å². The Labute approximate surface area is 160 Å². The van der Waals surface area contributed by atoms with Gasteiger partial charge in [0.25, 0.3) is 0 Å². The largest absolute Gasteiger partial charge is 0.497 e. The molecular weight excluding hydrogens is 338 g/mol. The second-order valence-electron chi connectivity index (χ2n) is 7.13. The van der Waals surface area contributed by atoms with E-state index in [0.29, 0.717) is 13.0 Å². The van der Waals surface area contributed by atoms with E-state index in [1.807, 2.05) is 36.5 Å². The smallest absolute Gasteiger partial charge is 0.221 e. The third-order valence-electron chi connectivity index (χ3n) is 4.83. The number of carbonyl (C=O) groups excluding carboxylic acids is 1. The molecular formula is C22H28N3O2+. The zero-order chi connectivity index (χ0) is 19.2. The van der Waals surface area contributed by atoms with Crippen LogP contribution in [0.15, 0.2) is 54.7 Å². The Morgan fingerprint density at radius 3 is 2.78 bits per heavy atom. The van der Waals surface area contributed by atoms with Gasteiger partial charge in [-0.15, -0.1) is 0 Å². The first-order valence-corrected chi connectivity index (χ1v) is 9.34. The van der Waals surface area contributed by atoms with Gasteiger partial charge < -0.3 is 19.9 Å². The van der Waals surface area contributed by atoms with Crippen molar-refractivity contribution in [3.8, 4) is 5.75 Å². The first-order valence-electron chi connectivity index (χ1n) is 9.34. The van der Waals surface area contributed by atoms with E-state index in [9.17, 15) is 4.79 Å². The lowest BCUT2D eigenvalue weighted by Gasteiger charge is -2.18. The topological polar surface area (TPSA) is 58.6 Å². The first-order chi connectivity index (χ1) is 13.1. The van der Waals surface area contributed by atoms with Gasteiger partial charge >= 0.3 is 0 Å². The van der Waals surface area contributed by atoms with Crippen molar-refractivity contribution in [2.75, 3.05) is 34.3 Å². The summed E-state index contributed by atoms with van der Waals surface area (Å²) >= 11 is 0. The van der Waals surface area contributed by atoms with Crippen molar-refractivity contribution in [2.45, 2.75) is 12.3 Å². The van der Waals surface area contributed by atoms with Crippen LogP contribution in [0, 0.1) is 0 Å². The number of carbonyl (C=O) groups is 1. The Morgan fingerprint density at radius 1 is 1.19 bits per heavy atom. The highest BCUT2D eigenvalue weighted by atomic mass is 16.5. The highest BCUT2D eigenvalue weighted by molar-refractivity contribution is 5.86. The molecule has 0 unspecified atom stereocenters. The van der Waals surface area contributed by atoms with Crippen LogP contribution in [0.4, 0.5) is 0 Å². The Morgan fingerprint density at radius 2 is 2.00 bits per heavy atom. The molecule has 0 aliphatic rings. The van der Waals surface area contributed by atoms with Gasteiger partial charge in [-0.3, -0.25) is 4.79 Å². The fraction of sp³-hybridized carbons (Fsp3) is 0.318. The Kier molecular flexibility index (Phi) is 6.14. The van der Waals surface area contributed by atoms with Crippen LogP contribution in [-0.4, -0.2) is 45.2 Å². The maximum Gasteiger partial charge on any atom is 0.221 e. The van der Waals surface area contributed by atoms with Crippen LogP contribution in [0.1, 0.15) is 23.5 Å². The summed E-state index contributed by atoms with van der Waals surface area (Å²) in [6, 6.07) is 16.2. The number of benzene rings is 2. The first kappa shape index (κ1) is 19.0. The fourth-order valence-electron chi connectivity index (χ4n) is 3.36. The summed E-state index contributed by atoms with van der Waals surface area (Å²) in [6.07, 6.45) is 2.42. The third-order valence-corrected chi connectivity index (χ3v) is 4.83. The van der Waals surface area contributed by atoms with Gasteiger partial charge in [0, 0.05) is 29.4 Å². The number of quaternary nitrogens is 1. The van der Waals surface area contributed by atoms with Crippen molar-refractivity contribution < 1.29 is 14.4 Å². The van der Waals surface area contributed by atoms with Crippen LogP contribution in [0.3, 0.4) is 0 Å². The Hall–Kier alpha value is -2.79. The summed E-state index contributed by atoms with van der Waals surface area (Å²) in [7, 11) is 5.82. The van der Waals surface area contributed by atoms with Crippen molar-refractivity contribution in [1.82, 2.24) is 10.3 Å². The van der Waals surface area contributed by atoms with Gasteiger partial charge in [0.1, 0.15) is 5.75 Å². The minimum Gasteiger partial charge on any atom is -0.497 e. The molecule has 1 atom stereocenters. The SMILES string of the molecule is COc1cccc([C@@H](CC(=O)NCC[NH+](C)C)c2c[nH]c3ccccc23)c1. The lowest BCUT2D eigenvalue weighted by Crippen LogP contribution is -3.06. The molecule has 0 bridgehead atoms. The molecule has 142 valence electrons. The molecule has 1 heterocycles. The van der Waals surface area contributed by atoms with E-state index in [1.54, 1.807) is 7.11 Å². The normalized spacial score (nSPS) is 12.3. The number of fused-ring (bicyclic) bond motifs is 1. The quantitative estimate of drug-likeness (QED) is 0.571. The molecule has 5 heteroatoms. The maximum atomic E-state index is 12.6. The number of aromatic nitrogens is 1. The zero-order valence-electron chi connectivity index (χ0n) is 16.2. The van der Waals surface area contributed by atoms with E-state index in [-0.39, 0.29) is 11.8 Å². The average Bonchev–Trinajstić information content (AvgIpc) is 3.10. The van der Waals surface area contributed by atoms with Gasteiger partial charge in [-0.1, -0.05) is 30.3 Å². The molecule has 0 fully saturated rings. The predicted molar refractivity (Wildman–Crippen MR) is 108 cm³/mol. The molecule has 27 heavy (non-hydrogen) atoms. The average molecular weight is 366 g/mol. The summed E-state index contributed by atoms with van der Waals surface area (Å²) in [5.41, 5.74) is 3.29. The molecule has 3 N–H and O–H groups in total. The minimum atomic E-state index is -0.0389. The van der Waals surface area contributed by atoms with Crippen LogP contribution >= 0.6 is 0 Å². The van der Waals surface area contributed by atoms with E-state index >= 15 is 0 Å². The van der Waals surface area contributed by atoms with Crippen molar-refractivity contribution in [2.24, 2.45) is 0 Å². The fourth-order valence-corrected chi connectivity index (χ4v) is 3.36. The molecule has 3 rings (SSSR count). The van der Waals surface area contributed by atoms with Crippen LogP contribution < -0.4 is 15.0 Å². The van der Waals surface area contributed by atoms with Crippen molar-refractivity contribution in [3.05, 3.63) is 65.9 Å². The Bertz CT molecular complexity index is 901. The van der Waals surface area contributed by atoms with Gasteiger partial charge in [0.2, 0.25) is 5.91 Å². The number of aromatic amines is 1. The zero-order valence-corrected chi connectivity index (χ0v) is 16.2. The summed E-state index contributed by atoms with van der Waals surface area (Å²) in [5.74, 6) is 0.825. The standard InChI is InChI=1S/C22H27N3O2/c1-25(2)12-11-23-22(26)14-19(16-7-6-8-17(13-16)27-3)20-15-24-21-10-5-4-9-18(20)21/h4-10,13,15,19,24H,11-12,14H2,1-3H3,(H,23,26)/p+1/t19-/m1/s1. The molecule has 5 nitrogen and oxygen atoms in total. The second-order valence-corrected chi connectivity index (χ2v) is 7.13. The second kappa shape index (κ2) is 8.73. The van der Waals surface area contributed by atoms with E-state index in [2.05, 4.69) is 42.6 Å². The lowest BCUT2D eigenvalue weighted by atomic mass is 9.88. The number of ether oxygens (including phenoxy) is 1. The predicted octanol–water partition coefficient (Wildman–Crippen LogP) is 1.96. The van der Waals surface area contributed by atoms with Crippen molar-refractivity contribution in [1.29, 1.82) is 0 Å². The monoisotopic (exact) mass is 366 g/mol. The highest BCUT2D eigenvalue weighted by Crippen LogP contribution is 2.34. The third kappa shape index (κ3) is 4.68. The van der Waals surface area contributed by atoms with E-state index in [0.717, 1.165) is 34.3 Å². The number of nitrogens with one attached hydrogen (secondary N) is 3. The number of para-hydroxylation sites is 1. The van der Waals surface area contributed by atoms with Crippen LogP contribution in [-0.2, 0) is 4.79 Å². The number of likely N-dealkylation sites (N-methyl/N-ethyl adjacent to an activating group) is 1. The summed E-state index contributed by atoms with van der Waals surface area (Å²) in [5, 5.41) is 4.20. The molecule has 3 aromatic rings. The van der Waals surface area contributed by atoms with Gasteiger partial charge in [-0.2, -0.15) is 0 Å².